The Kier molecular flexibility index (Phi) is 8.64. The van der Waals surface area contributed by atoms with Gasteiger partial charge in [-0.25, -0.2) is 0 Å². The van der Waals surface area contributed by atoms with Crippen LogP contribution in [0.4, 0.5) is 5.69 Å². The van der Waals surface area contributed by atoms with Crippen molar-refractivity contribution in [1.29, 1.82) is 0 Å². The molecule has 0 spiro atoms. The molecule has 7 heteroatoms. The first-order chi connectivity index (χ1) is 15.5. The van der Waals surface area contributed by atoms with Crippen LogP contribution in [0.15, 0.2) is 48.5 Å². The number of anilines is 1. The Labute approximate surface area is 190 Å². The Bertz CT molecular complexity index is 918. The van der Waals surface area contributed by atoms with E-state index in [2.05, 4.69) is 11.0 Å². The summed E-state index contributed by atoms with van der Waals surface area (Å²) in [7, 11) is 0. The number of amides is 2. The lowest BCUT2D eigenvalue weighted by molar-refractivity contribution is -0.130. The van der Waals surface area contributed by atoms with Crippen LogP contribution in [0, 0.1) is 0 Å². The van der Waals surface area contributed by atoms with E-state index in [1.807, 2.05) is 54.3 Å². The van der Waals surface area contributed by atoms with Crippen molar-refractivity contribution in [3.8, 4) is 5.75 Å². The number of carbonyl (C=O) groups excluding carboxylic acids is 2. The lowest BCUT2D eigenvalue weighted by Crippen LogP contribution is -2.41. The van der Waals surface area contributed by atoms with E-state index in [0.29, 0.717) is 39.3 Å². The minimum Gasteiger partial charge on any atom is -0.494 e. The average Bonchev–Trinajstić information content (AvgIpc) is 2.83. The van der Waals surface area contributed by atoms with E-state index in [4.69, 9.17) is 10.5 Å². The van der Waals surface area contributed by atoms with Crippen molar-refractivity contribution in [2.24, 2.45) is 5.73 Å². The first-order valence-corrected chi connectivity index (χ1v) is 11.3. The predicted molar refractivity (Wildman–Crippen MR) is 126 cm³/mol. The van der Waals surface area contributed by atoms with Crippen LogP contribution in [0.3, 0.4) is 0 Å². The summed E-state index contributed by atoms with van der Waals surface area (Å²) in [4.78, 5) is 31.0. The molecule has 0 aromatic heterocycles. The molecule has 0 radical (unpaired) electrons. The third kappa shape index (κ3) is 6.08. The molecule has 0 aliphatic carbocycles. The van der Waals surface area contributed by atoms with Crippen molar-refractivity contribution in [3.63, 3.8) is 0 Å². The second kappa shape index (κ2) is 11.6. The number of benzene rings is 2. The maximum absolute atomic E-state index is 12.6. The first kappa shape index (κ1) is 23.8. The summed E-state index contributed by atoms with van der Waals surface area (Å²) in [5.41, 5.74) is 8.66. The third-order valence-electron chi connectivity index (χ3n) is 5.76. The maximum Gasteiger partial charge on any atom is 0.236 e. The maximum atomic E-state index is 12.6. The fourth-order valence-corrected chi connectivity index (χ4v) is 4.14. The highest BCUT2D eigenvalue weighted by molar-refractivity contribution is 5.92. The second-order valence-electron chi connectivity index (χ2n) is 7.99. The summed E-state index contributed by atoms with van der Waals surface area (Å²) in [6.45, 7) is 8.01. The lowest BCUT2D eigenvalue weighted by atomic mass is 10.1. The molecule has 32 heavy (non-hydrogen) atoms. The van der Waals surface area contributed by atoms with Crippen molar-refractivity contribution in [2.75, 3.05) is 44.2 Å². The average molecular weight is 439 g/mol. The number of nitrogens with two attached hydrogens (primary N) is 1. The van der Waals surface area contributed by atoms with Crippen molar-refractivity contribution in [1.82, 2.24) is 9.80 Å². The number of carbonyl (C=O) groups is 2. The monoisotopic (exact) mass is 438 g/mol. The van der Waals surface area contributed by atoms with Gasteiger partial charge in [0.2, 0.25) is 11.8 Å². The van der Waals surface area contributed by atoms with Crippen LogP contribution in [-0.4, -0.2) is 60.9 Å². The van der Waals surface area contributed by atoms with E-state index >= 15 is 0 Å². The zero-order valence-corrected chi connectivity index (χ0v) is 19.1. The molecule has 2 N–H and O–H groups in total. The molecule has 7 nitrogen and oxygen atoms in total. The zero-order valence-electron chi connectivity index (χ0n) is 19.1. The normalized spacial score (nSPS) is 15.6. The summed E-state index contributed by atoms with van der Waals surface area (Å²) in [5, 5.41) is 0. The molecule has 2 amide bonds. The van der Waals surface area contributed by atoms with Gasteiger partial charge in [0, 0.05) is 57.4 Å². The van der Waals surface area contributed by atoms with Gasteiger partial charge < -0.3 is 20.3 Å². The summed E-state index contributed by atoms with van der Waals surface area (Å²) < 4.78 is 5.81. The fourth-order valence-electron chi connectivity index (χ4n) is 4.14. The lowest BCUT2D eigenvalue weighted by Gasteiger charge is -2.28. The van der Waals surface area contributed by atoms with Crippen LogP contribution in [0.2, 0.25) is 0 Å². The van der Waals surface area contributed by atoms with E-state index in [0.717, 1.165) is 35.5 Å². The molecule has 0 saturated heterocycles. The second-order valence-corrected chi connectivity index (χ2v) is 7.99. The molecule has 1 aliphatic rings. The van der Waals surface area contributed by atoms with Gasteiger partial charge in [0.15, 0.2) is 0 Å². The van der Waals surface area contributed by atoms with Crippen molar-refractivity contribution in [3.05, 3.63) is 59.7 Å². The molecule has 2 aromatic carbocycles. The molecule has 1 aliphatic heterocycles. The standard InChI is InChI=1S/C25H34N4O3/c1-3-32-24-12-7-5-10-22(24)18-27-13-8-14-29(20(2)30)23-11-6-4-9-21(23)19-28(16-15-27)25(31)17-26/h4-7,9-12H,3,8,13-19,26H2,1-2H3. The van der Waals surface area contributed by atoms with Crippen LogP contribution in [0.25, 0.3) is 0 Å². The molecule has 3 rings (SSSR count). The molecule has 172 valence electrons. The molecule has 0 unspecified atom stereocenters. The Balaban J connectivity index is 1.87. The SMILES string of the molecule is CCOc1ccccc1CN1CCCN(C(C)=O)c2ccccc2CN(C(=O)CN)CC1. The number of nitrogens with zero attached hydrogens (tertiary/aromatic N) is 3. The zero-order chi connectivity index (χ0) is 22.9. The van der Waals surface area contributed by atoms with Crippen LogP contribution < -0.4 is 15.4 Å². The fraction of sp³-hybridized carbons (Fsp3) is 0.440. The van der Waals surface area contributed by atoms with Crippen LogP contribution in [0.5, 0.6) is 5.75 Å². The number of ether oxygens (including phenoxy) is 1. The van der Waals surface area contributed by atoms with Gasteiger partial charge in [-0.3, -0.25) is 14.5 Å². The minimum absolute atomic E-state index is 0.00152. The Morgan fingerprint density at radius 1 is 1.00 bits per heavy atom. The van der Waals surface area contributed by atoms with Gasteiger partial charge in [-0.05, 0) is 31.0 Å². The number of rotatable bonds is 5. The van der Waals surface area contributed by atoms with Gasteiger partial charge in [-0.2, -0.15) is 0 Å². The highest BCUT2D eigenvalue weighted by Crippen LogP contribution is 2.24. The van der Waals surface area contributed by atoms with E-state index in [-0.39, 0.29) is 18.4 Å². The summed E-state index contributed by atoms with van der Waals surface area (Å²) >= 11 is 0. The first-order valence-electron chi connectivity index (χ1n) is 11.3. The quantitative estimate of drug-likeness (QED) is 0.776. The van der Waals surface area contributed by atoms with E-state index in [9.17, 15) is 9.59 Å². The summed E-state index contributed by atoms with van der Waals surface area (Å²) in [6, 6.07) is 15.9. The molecule has 0 fully saturated rings. The Hall–Kier alpha value is -2.90. The van der Waals surface area contributed by atoms with Crippen LogP contribution in [-0.2, 0) is 22.7 Å². The highest BCUT2D eigenvalue weighted by atomic mass is 16.5. The summed E-state index contributed by atoms with van der Waals surface area (Å²) in [5.74, 6) is 0.793. The Morgan fingerprint density at radius 3 is 2.50 bits per heavy atom. The van der Waals surface area contributed by atoms with Crippen molar-refractivity contribution >= 4 is 17.5 Å². The Morgan fingerprint density at radius 2 is 1.75 bits per heavy atom. The molecule has 0 atom stereocenters. The van der Waals surface area contributed by atoms with Gasteiger partial charge in [0.25, 0.3) is 0 Å². The number of para-hydroxylation sites is 2. The van der Waals surface area contributed by atoms with E-state index < -0.39 is 0 Å². The van der Waals surface area contributed by atoms with Gasteiger partial charge in [-0.1, -0.05) is 36.4 Å². The smallest absolute Gasteiger partial charge is 0.236 e. The van der Waals surface area contributed by atoms with Crippen LogP contribution in [0.1, 0.15) is 31.4 Å². The van der Waals surface area contributed by atoms with E-state index in [1.54, 1.807) is 11.8 Å². The minimum atomic E-state index is -0.0944. The predicted octanol–water partition coefficient (Wildman–Crippen LogP) is 2.63. The highest BCUT2D eigenvalue weighted by Gasteiger charge is 2.22. The number of hydrogen-bond donors (Lipinski definition) is 1. The molecule has 2 aromatic rings. The number of hydrogen-bond acceptors (Lipinski definition) is 5. The van der Waals surface area contributed by atoms with Gasteiger partial charge in [0.1, 0.15) is 5.75 Å². The van der Waals surface area contributed by atoms with Crippen molar-refractivity contribution < 1.29 is 14.3 Å². The molecule has 1 heterocycles. The molecular formula is C25H34N4O3. The number of fused-ring (bicyclic) bond motifs is 1. The largest absolute Gasteiger partial charge is 0.494 e. The third-order valence-corrected chi connectivity index (χ3v) is 5.76. The molecular weight excluding hydrogens is 404 g/mol. The van der Waals surface area contributed by atoms with Crippen LogP contribution >= 0.6 is 0 Å². The molecule has 0 saturated carbocycles. The molecule has 0 bridgehead atoms. The topological polar surface area (TPSA) is 79.1 Å². The van der Waals surface area contributed by atoms with Gasteiger partial charge in [-0.15, -0.1) is 0 Å². The van der Waals surface area contributed by atoms with E-state index in [1.165, 1.54) is 0 Å². The summed E-state index contributed by atoms with van der Waals surface area (Å²) in [6.07, 6.45) is 0.829. The van der Waals surface area contributed by atoms with Crippen molar-refractivity contribution in [2.45, 2.75) is 33.4 Å². The van der Waals surface area contributed by atoms with Gasteiger partial charge in [0.05, 0.1) is 13.2 Å². The van der Waals surface area contributed by atoms with Gasteiger partial charge >= 0.3 is 0 Å².